The van der Waals surface area contributed by atoms with Gasteiger partial charge in [0.25, 0.3) is 0 Å². The Hall–Kier alpha value is -2.63. The molecule has 3 aromatic rings. The number of hydrogen-bond acceptors (Lipinski definition) is 4. The van der Waals surface area contributed by atoms with Gasteiger partial charge in [0, 0.05) is 30.5 Å². The van der Waals surface area contributed by atoms with Crippen molar-refractivity contribution >= 4 is 17.6 Å². The van der Waals surface area contributed by atoms with Crippen LogP contribution in [0.15, 0.2) is 59.1 Å². The standard InChI is InChI=1S/C23H23ClN2O3/c24-20-8-2-4-16(11-20)12-21-13-25-22(29-21)19-7-3-9-26(15-19)14-17-5-1-6-18(10-17)23(27)28/h1-2,4-6,8,10-11,13,19H,3,7,9,12,14-15H2,(H,27,28)/t19-/m0/s1. The number of aromatic carboxylic acids is 1. The van der Waals surface area contributed by atoms with E-state index < -0.39 is 5.97 Å². The van der Waals surface area contributed by atoms with Crippen molar-refractivity contribution in [2.75, 3.05) is 13.1 Å². The van der Waals surface area contributed by atoms with E-state index >= 15 is 0 Å². The Morgan fingerprint density at radius 2 is 2.03 bits per heavy atom. The van der Waals surface area contributed by atoms with Crippen LogP contribution in [0.1, 0.15) is 51.9 Å². The van der Waals surface area contributed by atoms with E-state index in [4.69, 9.17) is 16.0 Å². The summed E-state index contributed by atoms with van der Waals surface area (Å²) in [6.45, 7) is 2.58. The fraction of sp³-hybridized carbons (Fsp3) is 0.304. The van der Waals surface area contributed by atoms with Crippen LogP contribution in [0, 0.1) is 0 Å². The van der Waals surface area contributed by atoms with Crippen molar-refractivity contribution in [3.63, 3.8) is 0 Å². The molecule has 2 aromatic carbocycles. The predicted molar refractivity (Wildman–Crippen MR) is 111 cm³/mol. The summed E-state index contributed by atoms with van der Waals surface area (Å²) in [4.78, 5) is 18.1. The second-order valence-corrected chi connectivity index (χ2v) is 7.99. The molecule has 0 amide bonds. The second kappa shape index (κ2) is 8.80. The van der Waals surface area contributed by atoms with Crippen LogP contribution < -0.4 is 0 Å². The Morgan fingerprint density at radius 1 is 1.21 bits per heavy atom. The molecule has 150 valence electrons. The SMILES string of the molecule is O=C(O)c1cccc(CN2CCC[C@H](c3ncc(Cc4cccc(Cl)c4)o3)C2)c1. The first-order valence-electron chi connectivity index (χ1n) is 9.80. The molecule has 5 nitrogen and oxygen atoms in total. The molecule has 1 aromatic heterocycles. The molecule has 1 atom stereocenters. The number of carbonyl (C=O) groups is 1. The number of likely N-dealkylation sites (tertiary alicyclic amines) is 1. The van der Waals surface area contributed by atoms with Crippen LogP contribution >= 0.6 is 11.6 Å². The molecular formula is C23H23ClN2O3. The molecule has 1 N–H and O–H groups in total. The Morgan fingerprint density at radius 3 is 2.86 bits per heavy atom. The van der Waals surface area contributed by atoms with E-state index in [2.05, 4.69) is 9.88 Å². The van der Waals surface area contributed by atoms with Crippen LogP contribution in [-0.2, 0) is 13.0 Å². The highest BCUT2D eigenvalue weighted by molar-refractivity contribution is 6.30. The van der Waals surface area contributed by atoms with Gasteiger partial charge in [-0.1, -0.05) is 35.9 Å². The number of piperidine rings is 1. The first-order chi connectivity index (χ1) is 14.1. The Balaban J connectivity index is 1.40. The molecule has 1 aliphatic rings. The molecule has 1 saturated heterocycles. The number of halogens is 1. The normalized spacial score (nSPS) is 17.3. The van der Waals surface area contributed by atoms with Gasteiger partial charge in [0.15, 0.2) is 5.89 Å². The summed E-state index contributed by atoms with van der Waals surface area (Å²) >= 11 is 6.06. The van der Waals surface area contributed by atoms with Crippen LogP contribution in [0.3, 0.4) is 0 Å². The first kappa shape index (κ1) is 19.7. The lowest BCUT2D eigenvalue weighted by Crippen LogP contribution is -2.34. The van der Waals surface area contributed by atoms with Crippen LogP contribution in [0.4, 0.5) is 0 Å². The van der Waals surface area contributed by atoms with Crippen molar-refractivity contribution in [2.45, 2.75) is 31.7 Å². The minimum Gasteiger partial charge on any atom is -0.478 e. The van der Waals surface area contributed by atoms with Crippen LogP contribution in [-0.4, -0.2) is 34.0 Å². The van der Waals surface area contributed by atoms with Crippen molar-refractivity contribution in [2.24, 2.45) is 0 Å². The topological polar surface area (TPSA) is 66.6 Å². The Bertz CT molecular complexity index is 1000. The summed E-state index contributed by atoms with van der Waals surface area (Å²) < 4.78 is 6.06. The van der Waals surface area contributed by atoms with Gasteiger partial charge in [-0.3, -0.25) is 4.90 Å². The van der Waals surface area contributed by atoms with Gasteiger partial charge in [-0.25, -0.2) is 9.78 Å². The minimum atomic E-state index is -0.893. The van der Waals surface area contributed by atoms with Gasteiger partial charge in [0.05, 0.1) is 11.8 Å². The van der Waals surface area contributed by atoms with Gasteiger partial charge in [-0.15, -0.1) is 0 Å². The van der Waals surface area contributed by atoms with Gasteiger partial charge in [-0.05, 0) is 54.8 Å². The van der Waals surface area contributed by atoms with Crippen molar-refractivity contribution in [1.29, 1.82) is 0 Å². The molecule has 1 fully saturated rings. The fourth-order valence-corrected chi connectivity index (χ4v) is 4.12. The zero-order valence-corrected chi connectivity index (χ0v) is 16.8. The monoisotopic (exact) mass is 410 g/mol. The Kier molecular flexibility index (Phi) is 5.97. The van der Waals surface area contributed by atoms with Gasteiger partial charge in [-0.2, -0.15) is 0 Å². The third kappa shape index (κ3) is 5.05. The Labute approximate surface area is 174 Å². The lowest BCUT2D eigenvalue weighted by Gasteiger charge is -2.31. The fourth-order valence-electron chi connectivity index (χ4n) is 3.90. The molecule has 1 aliphatic heterocycles. The van der Waals surface area contributed by atoms with Crippen molar-refractivity contribution < 1.29 is 14.3 Å². The zero-order chi connectivity index (χ0) is 20.2. The van der Waals surface area contributed by atoms with Crippen molar-refractivity contribution in [1.82, 2.24) is 9.88 Å². The summed E-state index contributed by atoms with van der Waals surface area (Å²) in [5.41, 5.74) is 2.44. The summed E-state index contributed by atoms with van der Waals surface area (Å²) in [6.07, 6.45) is 4.59. The van der Waals surface area contributed by atoms with Crippen molar-refractivity contribution in [3.8, 4) is 0 Å². The summed E-state index contributed by atoms with van der Waals surface area (Å²) in [5.74, 6) is 0.981. The molecule has 2 heterocycles. The van der Waals surface area contributed by atoms with E-state index in [-0.39, 0.29) is 5.92 Å². The number of carboxylic acid groups (broad SMARTS) is 1. The van der Waals surface area contributed by atoms with E-state index in [9.17, 15) is 9.90 Å². The third-order valence-corrected chi connectivity index (χ3v) is 5.51. The molecule has 6 heteroatoms. The van der Waals surface area contributed by atoms with E-state index in [1.165, 1.54) is 0 Å². The average Bonchev–Trinajstić information content (AvgIpc) is 3.17. The summed E-state index contributed by atoms with van der Waals surface area (Å²) in [5, 5.41) is 9.91. The number of carboxylic acids is 1. The zero-order valence-electron chi connectivity index (χ0n) is 16.1. The van der Waals surface area contributed by atoms with Crippen LogP contribution in [0.2, 0.25) is 5.02 Å². The van der Waals surface area contributed by atoms with Gasteiger partial charge in [0.1, 0.15) is 5.76 Å². The number of nitrogens with zero attached hydrogens (tertiary/aromatic N) is 2. The van der Waals surface area contributed by atoms with Gasteiger partial charge in [0.2, 0.25) is 0 Å². The predicted octanol–water partition coefficient (Wildman–Crippen LogP) is 5.00. The number of hydrogen-bond donors (Lipinski definition) is 1. The van der Waals surface area contributed by atoms with Crippen LogP contribution in [0.5, 0.6) is 0 Å². The quantitative estimate of drug-likeness (QED) is 0.619. The lowest BCUT2D eigenvalue weighted by atomic mass is 9.97. The number of oxazole rings is 1. The largest absolute Gasteiger partial charge is 0.478 e. The number of aromatic nitrogens is 1. The lowest BCUT2D eigenvalue weighted by molar-refractivity contribution is 0.0696. The van der Waals surface area contributed by atoms with E-state index in [0.717, 1.165) is 60.3 Å². The minimum absolute atomic E-state index is 0.250. The van der Waals surface area contributed by atoms with E-state index in [1.807, 2.05) is 36.5 Å². The van der Waals surface area contributed by atoms with E-state index in [1.54, 1.807) is 18.2 Å². The van der Waals surface area contributed by atoms with Crippen LogP contribution in [0.25, 0.3) is 0 Å². The smallest absolute Gasteiger partial charge is 0.335 e. The molecule has 0 unspecified atom stereocenters. The van der Waals surface area contributed by atoms with Gasteiger partial charge < -0.3 is 9.52 Å². The summed E-state index contributed by atoms with van der Waals surface area (Å²) in [6, 6.07) is 14.9. The maximum atomic E-state index is 11.2. The highest BCUT2D eigenvalue weighted by Gasteiger charge is 2.25. The molecule has 29 heavy (non-hydrogen) atoms. The molecule has 0 bridgehead atoms. The number of rotatable bonds is 6. The average molecular weight is 411 g/mol. The second-order valence-electron chi connectivity index (χ2n) is 7.55. The molecular weight excluding hydrogens is 388 g/mol. The highest BCUT2D eigenvalue weighted by Crippen LogP contribution is 2.28. The molecule has 4 rings (SSSR count). The third-order valence-electron chi connectivity index (χ3n) is 5.27. The van der Waals surface area contributed by atoms with Gasteiger partial charge >= 0.3 is 5.97 Å². The highest BCUT2D eigenvalue weighted by atomic mass is 35.5. The molecule has 0 aliphatic carbocycles. The maximum absolute atomic E-state index is 11.2. The van der Waals surface area contributed by atoms with E-state index in [0.29, 0.717) is 12.0 Å². The molecule has 0 spiro atoms. The van der Waals surface area contributed by atoms with Crippen molar-refractivity contribution in [3.05, 3.63) is 88.1 Å². The summed E-state index contributed by atoms with van der Waals surface area (Å²) in [7, 11) is 0. The molecule has 0 saturated carbocycles. The first-order valence-corrected chi connectivity index (χ1v) is 10.2. The maximum Gasteiger partial charge on any atom is 0.335 e. The number of benzene rings is 2. The molecule has 0 radical (unpaired) electrons.